The van der Waals surface area contributed by atoms with Gasteiger partial charge in [-0.1, -0.05) is 24.3 Å². The van der Waals surface area contributed by atoms with E-state index in [2.05, 4.69) is 20.2 Å². The summed E-state index contributed by atoms with van der Waals surface area (Å²) in [7, 11) is 1.36. The number of rotatable bonds is 6. The fourth-order valence-corrected chi connectivity index (χ4v) is 5.46. The maximum atomic E-state index is 13.0. The quantitative estimate of drug-likeness (QED) is 0.346. The molecule has 4 aromatic rings. The topological polar surface area (TPSA) is 97.8 Å². The first-order valence-electron chi connectivity index (χ1n) is 10.6. The number of ether oxygens (including phenoxy) is 1. The van der Waals surface area contributed by atoms with Crippen molar-refractivity contribution >= 4 is 34.1 Å². The molecular weight excluding hydrogens is 424 g/mol. The molecule has 1 aromatic carbocycles. The fraction of sp³-hybridized carbons (Fsp3) is 0.292. The van der Waals surface area contributed by atoms with Crippen molar-refractivity contribution in [3.05, 3.63) is 63.7 Å². The highest BCUT2D eigenvalue weighted by molar-refractivity contribution is 7.14. The highest BCUT2D eigenvalue weighted by atomic mass is 32.1. The standard InChI is InChI=1S/C24H22N4O3S/c1-31-24(30)17(11-19(29)21-10-16-4-2-3-5-20(16)32-21)14-6-8-15(9-7-14)22-18-12-27-28-23(18)26-13-25-22/h6-10,12-13,17H,2-5,11H2,1H3,(H,25,26,27,28). The number of fused-ring (bicyclic) bond motifs is 2. The van der Waals surface area contributed by atoms with Gasteiger partial charge in [-0.25, -0.2) is 9.97 Å². The second-order valence-corrected chi connectivity index (χ2v) is 9.08. The molecule has 3 heterocycles. The zero-order valence-corrected chi connectivity index (χ0v) is 18.4. The van der Waals surface area contributed by atoms with Crippen LogP contribution in [0.25, 0.3) is 22.3 Å². The van der Waals surface area contributed by atoms with Crippen LogP contribution in [0.15, 0.2) is 42.9 Å². The van der Waals surface area contributed by atoms with Gasteiger partial charge >= 0.3 is 5.97 Å². The van der Waals surface area contributed by atoms with Crippen molar-refractivity contribution in [2.75, 3.05) is 7.11 Å². The average molecular weight is 447 g/mol. The molecule has 0 radical (unpaired) electrons. The number of Topliss-reactive ketones (excluding diaryl/α,β-unsaturated/α-hetero) is 1. The van der Waals surface area contributed by atoms with Crippen LogP contribution in [0, 0.1) is 0 Å². The lowest BCUT2D eigenvalue weighted by atomic mass is 9.91. The number of aromatic amines is 1. The Labute approximate surface area is 188 Å². The molecule has 0 spiro atoms. The zero-order valence-electron chi connectivity index (χ0n) is 17.6. The van der Waals surface area contributed by atoms with Gasteiger partial charge in [0.15, 0.2) is 11.4 Å². The molecule has 0 aliphatic heterocycles. The van der Waals surface area contributed by atoms with Gasteiger partial charge in [-0.2, -0.15) is 5.10 Å². The van der Waals surface area contributed by atoms with E-state index in [0.29, 0.717) is 5.65 Å². The number of nitrogens with zero attached hydrogens (tertiary/aromatic N) is 3. The van der Waals surface area contributed by atoms with Crippen LogP contribution in [0.5, 0.6) is 0 Å². The molecule has 162 valence electrons. The number of aromatic nitrogens is 4. The minimum atomic E-state index is -0.653. The molecule has 0 bridgehead atoms. The van der Waals surface area contributed by atoms with Crippen LogP contribution in [0.1, 0.15) is 50.9 Å². The maximum Gasteiger partial charge on any atom is 0.313 e. The summed E-state index contributed by atoms with van der Waals surface area (Å²) in [4.78, 5) is 36.2. The van der Waals surface area contributed by atoms with Crippen LogP contribution in [0.3, 0.4) is 0 Å². The molecule has 3 aromatic heterocycles. The van der Waals surface area contributed by atoms with Crippen LogP contribution in [0.2, 0.25) is 0 Å². The number of aryl methyl sites for hydroxylation is 2. The summed E-state index contributed by atoms with van der Waals surface area (Å²) in [5.74, 6) is -1.08. The lowest BCUT2D eigenvalue weighted by Gasteiger charge is -2.14. The van der Waals surface area contributed by atoms with Crippen molar-refractivity contribution < 1.29 is 14.3 Å². The molecule has 1 N–H and O–H groups in total. The number of carbonyl (C=O) groups is 2. The van der Waals surface area contributed by atoms with Crippen LogP contribution in [-0.4, -0.2) is 39.0 Å². The van der Waals surface area contributed by atoms with Crippen molar-refractivity contribution in [2.45, 2.75) is 38.0 Å². The van der Waals surface area contributed by atoms with Gasteiger partial charge in [0.05, 0.1) is 35.2 Å². The highest BCUT2D eigenvalue weighted by Crippen LogP contribution is 2.33. The van der Waals surface area contributed by atoms with E-state index in [1.807, 2.05) is 30.3 Å². The van der Waals surface area contributed by atoms with E-state index in [1.165, 1.54) is 36.7 Å². The third-order valence-corrected chi connectivity index (χ3v) is 7.26. The normalized spacial score (nSPS) is 14.2. The lowest BCUT2D eigenvalue weighted by Crippen LogP contribution is -2.18. The first kappa shape index (κ1) is 20.5. The molecule has 0 saturated carbocycles. The predicted molar refractivity (Wildman–Crippen MR) is 122 cm³/mol. The number of hydrogen-bond donors (Lipinski definition) is 1. The Hall–Kier alpha value is -3.39. The van der Waals surface area contributed by atoms with Gasteiger partial charge in [0.1, 0.15) is 6.33 Å². The fourth-order valence-electron chi connectivity index (χ4n) is 4.26. The van der Waals surface area contributed by atoms with Gasteiger partial charge in [-0.05, 0) is 42.9 Å². The number of ketones is 1. The van der Waals surface area contributed by atoms with Crippen molar-refractivity contribution in [2.24, 2.45) is 0 Å². The molecule has 7 nitrogen and oxygen atoms in total. The molecular formula is C24H22N4O3S. The summed E-state index contributed by atoms with van der Waals surface area (Å²) in [5.41, 5.74) is 4.33. The van der Waals surface area contributed by atoms with Gasteiger partial charge < -0.3 is 4.74 Å². The third-order valence-electron chi connectivity index (χ3n) is 5.98. The molecule has 0 fully saturated rings. The largest absolute Gasteiger partial charge is 0.469 e. The maximum absolute atomic E-state index is 13.0. The summed E-state index contributed by atoms with van der Waals surface area (Å²) in [5, 5.41) is 7.69. The number of methoxy groups -OCH3 is 1. The van der Waals surface area contributed by atoms with Gasteiger partial charge in [0.25, 0.3) is 0 Å². The first-order chi connectivity index (χ1) is 15.6. The highest BCUT2D eigenvalue weighted by Gasteiger charge is 2.27. The minimum absolute atomic E-state index is 0.0141. The molecule has 0 saturated heterocycles. The molecule has 1 aliphatic carbocycles. The number of carbonyl (C=O) groups excluding carboxylic acids is 2. The lowest BCUT2D eigenvalue weighted by molar-refractivity contribution is -0.142. The molecule has 8 heteroatoms. The Morgan fingerprint density at radius 1 is 1.16 bits per heavy atom. The van der Waals surface area contributed by atoms with E-state index < -0.39 is 11.9 Å². The SMILES string of the molecule is COC(=O)C(CC(=O)c1cc2c(s1)CCCC2)c1ccc(-c2ncnc3[nH]ncc23)cc1. The molecule has 1 aliphatic rings. The molecule has 32 heavy (non-hydrogen) atoms. The molecule has 0 amide bonds. The van der Waals surface area contributed by atoms with Crippen molar-refractivity contribution in [3.8, 4) is 11.3 Å². The summed E-state index contributed by atoms with van der Waals surface area (Å²) < 4.78 is 5.03. The van der Waals surface area contributed by atoms with E-state index in [1.54, 1.807) is 17.5 Å². The summed E-state index contributed by atoms with van der Waals surface area (Å²) in [6, 6.07) is 9.53. The molecule has 5 rings (SSSR count). The second-order valence-electron chi connectivity index (χ2n) is 7.95. The Kier molecular flexibility index (Phi) is 5.53. The Morgan fingerprint density at radius 3 is 2.75 bits per heavy atom. The third kappa shape index (κ3) is 3.82. The number of esters is 1. The monoisotopic (exact) mass is 446 g/mol. The van der Waals surface area contributed by atoms with E-state index in [9.17, 15) is 9.59 Å². The number of hydrogen-bond acceptors (Lipinski definition) is 7. The van der Waals surface area contributed by atoms with E-state index in [0.717, 1.165) is 39.9 Å². The van der Waals surface area contributed by atoms with E-state index >= 15 is 0 Å². The van der Waals surface area contributed by atoms with E-state index in [4.69, 9.17) is 4.74 Å². The first-order valence-corrected chi connectivity index (χ1v) is 11.4. The van der Waals surface area contributed by atoms with E-state index in [-0.39, 0.29) is 12.2 Å². The number of thiophene rings is 1. The number of benzene rings is 1. The van der Waals surface area contributed by atoms with Gasteiger partial charge in [0, 0.05) is 16.9 Å². The van der Waals surface area contributed by atoms with Gasteiger partial charge in [-0.15, -0.1) is 11.3 Å². The van der Waals surface area contributed by atoms with Crippen molar-refractivity contribution in [1.29, 1.82) is 0 Å². The smallest absolute Gasteiger partial charge is 0.313 e. The minimum Gasteiger partial charge on any atom is -0.469 e. The van der Waals surface area contributed by atoms with Crippen LogP contribution in [-0.2, 0) is 22.4 Å². The molecule has 1 atom stereocenters. The number of H-pyrrole nitrogens is 1. The van der Waals surface area contributed by atoms with Crippen LogP contribution >= 0.6 is 11.3 Å². The van der Waals surface area contributed by atoms with Gasteiger partial charge in [0.2, 0.25) is 0 Å². The number of nitrogens with one attached hydrogen (secondary N) is 1. The van der Waals surface area contributed by atoms with Crippen LogP contribution < -0.4 is 0 Å². The summed E-state index contributed by atoms with van der Waals surface area (Å²) >= 11 is 1.58. The van der Waals surface area contributed by atoms with Crippen molar-refractivity contribution in [1.82, 2.24) is 20.2 Å². The van der Waals surface area contributed by atoms with Crippen LogP contribution in [0.4, 0.5) is 0 Å². The Bertz CT molecular complexity index is 1270. The second kappa shape index (κ2) is 8.63. The average Bonchev–Trinajstić information content (AvgIpc) is 3.49. The Balaban J connectivity index is 1.41. The predicted octanol–water partition coefficient (Wildman–Crippen LogP) is 4.49. The van der Waals surface area contributed by atoms with Gasteiger partial charge in [-0.3, -0.25) is 14.7 Å². The summed E-state index contributed by atoms with van der Waals surface area (Å²) in [6.07, 6.45) is 7.69. The molecule has 1 unspecified atom stereocenters. The zero-order chi connectivity index (χ0) is 22.1. The summed E-state index contributed by atoms with van der Waals surface area (Å²) in [6.45, 7) is 0. The Morgan fingerprint density at radius 2 is 1.97 bits per heavy atom. The van der Waals surface area contributed by atoms with Crippen molar-refractivity contribution in [3.63, 3.8) is 0 Å².